The van der Waals surface area contributed by atoms with Gasteiger partial charge in [0.2, 0.25) is 6.41 Å². The summed E-state index contributed by atoms with van der Waals surface area (Å²) in [7, 11) is 0.0719. The van der Waals surface area contributed by atoms with Gasteiger partial charge < -0.3 is 14.4 Å². The molecule has 1 aromatic heterocycles. The zero-order valence-electron chi connectivity index (χ0n) is 30.2. The van der Waals surface area contributed by atoms with Gasteiger partial charge in [0, 0.05) is 43.9 Å². The van der Waals surface area contributed by atoms with Crippen molar-refractivity contribution in [2.24, 2.45) is 29.2 Å². The average Bonchev–Trinajstić information content (AvgIpc) is 3.48. The molecule has 3 aliphatic rings. The molecule has 2 aromatic carbocycles. The summed E-state index contributed by atoms with van der Waals surface area (Å²) in [4.78, 5) is 26.8. The fourth-order valence-electron chi connectivity index (χ4n) is 8.10. The molecule has 274 valence electrons. The highest BCUT2D eigenvalue weighted by molar-refractivity contribution is 7.93. The summed E-state index contributed by atoms with van der Waals surface area (Å²) >= 11 is 6.44. The lowest BCUT2D eigenvalue weighted by Crippen LogP contribution is -2.49. The topological polar surface area (TPSA) is 115 Å². The standard InChI is InChI=1S/C39H50ClN5O5S/c1-26-11-16-37-35(18-26)45(23-39(24-50-37)17-7-9-29-19-32(40)13-15-34(29)39)22-30-12-14-33(30)36(49-5)10-6-8-27(2)28(3)51(48,42-25-46)43-38(47)31-20-41-44(4)21-31/h6,10-11,13,15-16,18-21,25,27-28,30,33,36H,7-9,12,14,17,22-24H2,1-5H3,(H,42,43,46,47,48)/b10-6+/t27-,28+,30-,33+,36-,39-,51?/m0/s1. The molecule has 1 N–H and O–H groups in total. The Kier molecular flexibility index (Phi) is 11.3. The summed E-state index contributed by atoms with van der Waals surface area (Å²) in [6, 6.07) is 12.9. The predicted molar refractivity (Wildman–Crippen MR) is 202 cm³/mol. The normalized spacial score (nSPS) is 24.2. The Morgan fingerprint density at radius 2 is 2.08 bits per heavy atom. The Labute approximate surface area is 307 Å². The zero-order chi connectivity index (χ0) is 36.3. The van der Waals surface area contributed by atoms with Crippen LogP contribution >= 0.6 is 11.6 Å². The molecule has 6 rings (SSSR count). The fourth-order valence-corrected chi connectivity index (χ4v) is 9.98. The number of hydrogen-bond acceptors (Lipinski definition) is 7. The Hall–Kier alpha value is -3.67. The van der Waals surface area contributed by atoms with Crippen LogP contribution in [0.15, 0.2) is 65.3 Å². The van der Waals surface area contributed by atoms with E-state index in [1.54, 1.807) is 21.1 Å². The number of methoxy groups -OCH3 is 1. The second-order valence-corrected chi connectivity index (χ2v) is 17.5. The number of carbonyl (C=O) groups excluding carboxylic acids is 2. The van der Waals surface area contributed by atoms with Crippen molar-refractivity contribution in [3.05, 3.63) is 88.2 Å². The van der Waals surface area contributed by atoms with Crippen LogP contribution in [-0.4, -0.2) is 64.5 Å². The number of ether oxygens (including phenoxy) is 2. The van der Waals surface area contributed by atoms with Crippen molar-refractivity contribution in [3.63, 3.8) is 0 Å². The van der Waals surface area contributed by atoms with Crippen LogP contribution in [0.25, 0.3) is 0 Å². The van der Waals surface area contributed by atoms with Crippen LogP contribution in [-0.2, 0) is 38.3 Å². The lowest BCUT2D eigenvalue weighted by atomic mass is 9.68. The third kappa shape index (κ3) is 7.90. The molecule has 1 aliphatic heterocycles. The molecule has 0 radical (unpaired) electrons. The van der Waals surface area contributed by atoms with E-state index in [1.807, 2.05) is 13.0 Å². The van der Waals surface area contributed by atoms with Crippen molar-refractivity contribution in [1.82, 2.24) is 14.5 Å². The van der Waals surface area contributed by atoms with Crippen molar-refractivity contribution < 1.29 is 23.3 Å². The maximum Gasteiger partial charge on any atom is 0.266 e. The molecule has 10 nitrogen and oxygen atoms in total. The SMILES string of the molecule is CO[C@@H](/C=C/C[C@H](C)[C@@H](C)S(=O)(=NC=O)NC(=O)c1cnn(C)c1)[C@@H]1CC[C@H]1CN1C[C@@]2(CCCc3cc(Cl)ccc32)COc2ccc(C)cc21. The summed E-state index contributed by atoms with van der Waals surface area (Å²) in [5, 5.41) is 4.20. The number of aromatic nitrogens is 2. The number of nitrogens with zero attached hydrogens (tertiary/aromatic N) is 4. The summed E-state index contributed by atoms with van der Waals surface area (Å²) in [6.07, 6.45) is 13.3. The van der Waals surface area contributed by atoms with E-state index in [2.05, 4.69) is 68.5 Å². The number of amides is 2. The minimum Gasteiger partial charge on any atom is -0.490 e. The molecule has 51 heavy (non-hydrogen) atoms. The van der Waals surface area contributed by atoms with Gasteiger partial charge in [0.05, 0.1) is 35.4 Å². The lowest BCUT2D eigenvalue weighted by Gasteiger charge is -2.46. The minimum atomic E-state index is -3.38. The number of benzene rings is 2. The van der Waals surface area contributed by atoms with Gasteiger partial charge in [-0.2, -0.15) is 5.10 Å². The van der Waals surface area contributed by atoms with E-state index in [9.17, 15) is 13.8 Å². The van der Waals surface area contributed by atoms with Crippen LogP contribution in [0.1, 0.15) is 73.0 Å². The molecule has 1 fully saturated rings. The zero-order valence-corrected chi connectivity index (χ0v) is 31.8. The highest BCUT2D eigenvalue weighted by Crippen LogP contribution is 2.47. The summed E-state index contributed by atoms with van der Waals surface area (Å²) < 4.78 is 34.2. The van der Waals surface area contributed by atoms with Crippen LogP contribution in [0.2, 0.25) is 5.02 Å². The van der Waals surface area contributed by atoms with Crippen LogP contribution < -0.4 is 14.4 Å². The van der Waals surface area contributed by atoms with Crippen LogP contribution in [0.5, 0.6) is 5.75 Å². The van der Waals surface area contributed by atoms with Crippen molar-refractivity contribution in [3.8, 4) is 5.75 Å². The molecule has 1 saturated carbocycles. The Bertz CT molecular complexity index is 1900. The van der Waals surface area contributed by atoms with Crippen LogP contribution in [0.3, 0.4) is 0 Å². The number of halogens is 1. The van der Waals surface area contributed by atoms with Gasteiger partial charge in [-0.05, 0) is 111 Å². The van der Waals surface area contributed by atoms with Gasteiger partial charge in [0.15, 0.2) is 0 Å². The minimum absolute atomic E-state index is 0.0766. The molecule has 2 aliphatic carbocycles. The molecule has 0 bridgehead atoms. The fraction of sp³-hybridized carbons (Fsp3) is 0.513. The van der Waals surface area contributed by atoms with E-state index in [0.29, 0.717) is 24.9 Å². The Morgan fingerprint density at radius 1 is 1.25 bits per heavy atom. The van der Waals surface area contributed by atoms with Gasteiger partial charge in [0.25, 0.3) is 5.91 Å². The number of nitrogens with one attached hydrogen (secondary N) is 1. The van der Waals surface area contributed by atoms with E-state index in [0.717, 1.165) is 61.7 Å². The maximum atomic E-state index is 13.8. The van der Waals surface area contributed by atoms with E-state index >= 15 is 0 Å². The van der Waals surface area contributed by atoms with Gasteiger partial charge in [-0.25, -0.2) is 4.21 Å². The van der Waals surface area contributed by atoms with E-state index in [4.69, 9.17) is 21.1 Å². The molecular formula is C39H50ClN5O5S. The molecule has 3 aromatic rings. The third-order valence-electron chi connectivity index (χ3n) is 11.4. The molecule has 2 heterocycles. The van der Waals surface area contributed by atoms with Crippen molar-refractivity contribution in [1.29, 1.82) is 0 Å². The number of anilines is 1. The summed E-state index contributed by atoms with van der Waals surface area (Å²) in [6.45, 7) is 8.27. The van der Waals surface area contributed by atoms with Crippen LogP contribution in [0, 0.1) is 24.7 Å². The van der Waals surface area contributed by atoms with E-state index in [1.165, 1.54) is 33.8 Å². The average molecular weight is 736 g/mol. The number of allylic oxidation sites excluding steroid dienone is 1. The van der Waals surface area contributed by atoms with Crippen molar-refractivity contribution in [2.45, 2.75) is 76.1 Å². The quantitative estimate of drug-likeness (QED) is 0.160. The summed E-state index contributed by atoms with van der Waals surface area (Å²) in [5.74, 6) is 0.983. The van der Waals surface area contributed by atoms with Gasteiger partial charge in [-0.15, -0.1) is 4.36 Å². The smallest absolute Gasteiger partial charge is 0.266 e. The first-order chi connectivity index (χ1) is 24.4. The van der Waals surface area contributed by atoms with Gasteiger partial charge in [0.1, 0.15) is 15.7 Å². The van der Waals surface area contributed by atoms with Crippen molar-refractivity contribution >= 4 is 39.5 Å². The second-order valence-electron chi connectivity index (χ2n) is 14.7. The Balaban J connectivity index is 1.15. The first-order valence-electron chi connectivity index (χ1n) is 17.9. The number of aryl methyl sites for hydroxylation is 3. The van der Waals surface area contributed by atoms with Crippen LogP contribution in [0.4, 0.5) is 5.69 Å². The third-order valence-corrected chi connectivity index (χ3v) is 13.9. The van der Waals surface area contributed by atoms with E-state index in [-0.39, 0.29) is 29.4 Å². The van der Waals surface area contributed by atoms with E-state index < -0.39 is 21.1 Å². The first-order valence-corrected chi connectivity index (χ1v) is 19.9. The first kappa shape index (κ1) is 37.1. The molecule has 0 saturated heterocycles. The maximum absolute atomic E-state index is 13.8. The number of carbonyl (C=O) groups is 2. The number of rotatable bonds is 12. The predicted octanol–water partition coefficient (Wildman–Crippen LogP) is 6.84. The molecule has 1 spiro atoms. The van der Waals surface area contributed by atoms with Gasteiger partial charge in [-0.1, -0.05) is 42.8 Å². The van der Waals surface area contributed by atoms with Crippen molar-refractivity contribution in [2.75, 3.05) is 31.7 Å². The molecule has 12 heteroatoms. The van der Waals surface area contributed by atoms with Gasteiger partial charge in [-0.3, -0.25) is 19.0 Å². The highest BCUT2D eigenvalue weighted by atomic mass is 35.5. The van der Waals surface area contributed by atoms with Gasteiger partial charge >= 0.3 is 0 Å². The number of fused-ring (bicyclic) bond motifs is 3. The molecule has 2 amide bonds. The monoisotopic (exact) mass is 735 g/mol. The number of hydrogen-bond donors (Lipinski definition) is 1. The summed E-state index contributed by atoms with van der Waals surface area (Å²) in [5.41, 5.74) is 5.19. The highest BCUT2D eigenvalue weighted by Gasteiger charge is 2.44. The largest absolute Gasteiger partial charge is 0.490 e. The molecule has 7 atom stereocenters. The molecule has 1 unspecified atom stereocenters. The second kappa shape index (κ2) is 15.5. The lowest BCUT2D eigenvalue weighted by molar-refractivity contribution is -0.106. The molecular weight excluding hydrogens is 686 g/mol. The Morgan fingerprint density at radius 3 is 2.78 bits per heavy atom.